The van der Waals surface area contributed by atoms with Crippen LogP contribution >= 0.6 is 0 Å². The number of hydrogen-bond acceptors (Lipinski definition) is 4. The lowest BCUT2D eigenvalue weighted by Crippen LogP contribution is -2.28. The highest BCUT2D eigenvalue weighted by Crippen LogP contribution is 2.26. The minimum atomic E-state index is -5.51. The SMILES string of the molecule is COCCCCC(F)(F)S(=O)(=O)[O-]. The van der Waals surface area contributed by atoms with Crippen molar-refractivity contribution in [1.82, 2.24) is 0 Å². The van der Waals surface area contributed by atoms with Crippen LogP contribution in [0.5, 0.6) is 0 Å². The Bertz CT molecular complexity index is 237. The Morgan fingerprint density at radius 3 is 2.31 bits per heavy atom. The molecule has 0 amide bonds. The topological polar surface area (TPSA) is 66.4 Å². The summed E-state index contributed by atoms with van der Waals surface area (Å²) in [6, 6.07) is 0. The fourth-order valence-electron chi connectivity index (χ4n) is 0.702. The van der Waals surface area contributed by atoms with Gasteiger partial charge in [0.2, 0.25) is 0 Å². The molecular formula is C6H11F2O4S-. The van der Waals surface area contributed by atoms with Crippen molar-refractivity contribution in [1.29, 1.82) is 0 Å². The summed E-state index contributed by atoms with van der Waals surface area (Å²) in [5.74, 6) is 0. The van der Waals surface area contributed by atoms with Crippen LogP contribution in [0.2, 0.25) is 0 Å². The van der Waals surface area contributed by atoms with Crippen molar-refractivity contribution in [2.24, 2.45) is 0 Å². The zero-order chi connectivity index (χ0) is 10.5. The number of alkyl halides is 2. The second-order valence-electron chi connectivity index (χ2n) is 2.54. The Hall–Kier alpha value is -0.270. The largest absolute Gasteiger partial charge is 0.743 e. The molecule has 0 saturated carbocycles. The fraction of sp³-hybridized carbons (Fsp3) is 1.00. The molecule has 7 heteroatoms. The second kappa shape index (κ2) is 4.83. The zero-order valence-electron chi connectivity index (χ0n) is 7.13. The smallest absolute Gasteiger partial charge is 0.334 e. The van der Waals surface area contributed by atoms with Gasteiger partial charge in [-0.1, -0.05) is 0 Å². The molecule has 13 heavy (non-hydrogen) atoms. The molecule has 0 saturated heterocycles. The summed E-state index contributed by atoms with van der Waals surface area (Å²) in [6.07, 6.45) is -0.688. The molecule has 0 fully saturated rings. The molecule has 80 valence electrons. The van der Waals surface area contributed by atoms with E-state index < -0.39 is 21.8 Å². The monoisotopic (exact) mass is 217 g/mol. The molecule has 0 bridgehead atoms. The minimum Gasteiger partial charge on any atom is -0.743 e. The Labute approximate surface area is 75.6 Å². The van der Waals surface area contributed by atoms with Gasteiger partial charge in [0.05, 0.1) is 0 Å². The first-order valence-electron chi connectivity index (χ1n) is 3.63. The minimum absolute atomic E-state index is 0.0533. The standard InChI is InChI=1S/C6H12F2O4S/c1-12-5-3-2-4-6(7,8)13(9,10)11/h2-5H2,1H3,(H,9,10,11)/p-1. The van der Waals surface area contributed by atoms with Crippen molar-refractivity contribution in [2.45, 2.75) is 24.5 Å². The number of rotatable bonds is 6. The molecule has 0 heterocycles. The van der Waals surface area contributed by atoms with Crippen molar-refractivity contribution in [3.8, 4) is 0 Å². The molecule has 0 N–H and O–H groups in total. The van der Waals surface area contributed by atoms with Crippen molar-refractivity contribution in [3.63, 3.8) is 0 Å². The third kappa shape index (κ3) is 4.49. The van der Waals surface area contributed by atoms with E-state index in [0.29, 0.717) is 6.42 Å². The van der Waals surface area contributed by atoms with E-state index in [1.807, 2.05) is 0 Å². The summed E-state index contributed by atoms with van der Waals surface area (Å²) in [5.41, 5.74) is 0. The lowest BCUT2D eigenvalue weighted by Gasteiger charge is -2.19. The van der Waals surface area contributed by atoms with Crippen LogP contribution in [0.25, 0.3) is 0 Å². The van der Waals surface area contributed by atoms with Crippen LogP contribution in [0.4, 0.5) is 8.78 Å². The van der Waals surface area contributed by atoms with Gasteiger partial charge in [0, 0.05) is 20.1 Å². The van der Waals surface area contributed by atoms with Crippen LogP contribution in [-0.4, -0.2) is 31.9 Å². The highest BCUT2D eigenvalue weighted by molar-refractivity contribution is 7.86. The molecule has 4 nitrogen and oxygen atoms in total. The van der Waals surface area contributed by atoms with Crippen molar-refractivity contribution < 1.29 is 26.5 Å². The Kier molecular flexibility index (Phi) is 4.72. The van der Waals surface area contributed by atoms with Gasteiger partial charge in [-0.25, -0.2) is 8.42 Å². The Balaban J connectivity index is 3.91. The quantitative estimate of drug-likeness (QED) is 0.490. The van der Waals surface area contributed by atoms with Crippen LogP contribution in [-0.2, 0) is 14.9 Å². The first-order chi connectivity index (χ1) is 5.81. The van der Waals surface area contributed by atoms with Gasteiger partial charge < -0.3 is 9.29 Å². The zero-order valence-corrected chi connectivity index (χ0v) is 7.94. The lowest BCUT2D eigenvalue weighted by molar-refractivity contribution is 0.0644. The molecule has 0 aliphatic rings. The van der Waals surface area contributed by atoms with E-state index in [0.717, 1.165) is 0 Å². The molecule has 0 aliphatic heterocycles. The Morgan fingerprint density at radius 2 is 1.92 bits per heavy atom. The van der Waals surface area contributed by atoms with E-state index in [9.17, 15) is 21.8 Å². The third-order valence-corrected chi connectivity index (χ3v) is 2.37. The molecule has 0 atom stereocenters. The summed E-state index contributed by atoms with van der Waals surface area (Å²) in [7, 11) is -4.11. The van der Waals surface area contributed by atoms with E-state index in [4.69, 9.17) is 0 Å². The maximum Gasteiger partial charge on any atom is 0.334 e. The van der Waals surface area contributed by atoms with Crippen LogP contribution in [0.1, 0.15) is 19.3 Å². The summed E-state index contributed by atoms with van der Waals surface area (Å²) < 4.78 is 59.3. The first kappa shape index (κ1) is 12.7. The average molecular weight is 217 g/mol. The molecule has 0 unspecified atom stereocenters. The van der Waals surface area contributed by atoms with Gasteiger partial charge in [0.25, 0.3) is 0 Å². The Morgan fingerprint density at radius 1 is 1.38 bits per heavy atom. The molecule has 0 aromatic heterocycles. The molecule has 0 radical (unpaired) electrons. The number of ether oxygens (including phenoxy) is 1. The normalized spacial score (nSPS) is 13.2. The van der Waals surface area contributed by atoms with Gasteiger partial charge in [-0.2, -0.15) is 8.78 Å². The van der Waals surface area contributed by atoms with Gasteiger partial charge >= 0.3 is 5.25 Å². The number of methoxy groups -OCH3 is 1. The van der Waals surface area contributed by atoms with E-state index in [-0.39, 0.29) is 13.0 Å². The highest BCUT2D eigenvalue weighted by Gasteiger charge is 2.36. The third-order valence-electron chi connectivity index (χ3n) is 1.43. The molecule has 0 rings (SSSR count). The summed E-state index contributed by atoms with van der Waals surface area (Å²) >= 11 is 0. The van der Waals surface area contributed by atoms with Crippen molar-refractivity contribution in [2.75, 3.05) is 13.7 Å². The highest BCUT2D eigenvalue weighted by atomic mass is 32.2. The second-order valence-corrected chi connectivity index (χ2v) is 4.05. The molecule has 0 spiro atoms. The molecular weight excluding hydrogens is 206 g/mol. The van der Waals surface area contributed by atoms with Gasteiger partial charge in [0.1, 0.15) is 0 Å². The fourth-order valence-corrected chi connectivity index (χ4v) is 1.10. The van der Waals surface area contributed by atoms with Crippen LogP contribution < -0.4 is 0 Å². The molecule has 0 aromatic carbocycles. The predicted octanol–water partition coefficient (Wildman–Crippen LogP) is 0.941. The van der Waals surface area contributed by atoms with Crippen LogP contribution in [0, 0.1) is 0 Å². The number of halogens is 2. The summed E-state index contributed by atoms with van der Waals surface area (Å²) in [6.45, 7) is 0.273. The van der Waals surface area contributed by atoms with Gasteiger partial charge in [-0.15, -0.1) is 0 Å². The van der Waals surface area contributed by atoms with E-state index >= 15 is 0 Å². The summed E-state index contributed by atoms with van der Waals surface area (Å²) in [4.78, 5) is 0. The molecule has 0 aromatic rings. The number of unbranched alkanes of at least 4 members (excludes halogenated alkanes) is 1. The van der Waals surface area contributed by atoms with E-state index in [1.165, 1.54) is 7.11 Å². The summed E-state index contributed by atoms with van der Waals surface area (Å²) in [5, 5.41) is -4.15. The first-order valence-corrected chi connectivity index (χ1v) is 5.04. The number of hydrogen-bond donors (Lipinski definition) is 0. The molecule has 0 aliphatic carbocycles. The van der Waals surface area contributed by atoms with Crippen molar-refractivity contribution >= 4 is 10.1 Å². The van der Waals surface area contributed by atoms with E-state index in [1.54, 1.807) is 0 Å². The predicted molar refractivity (Wildman–Crippen MR) is 40.4 cm³/mol. The maximum atomic E-state index is 12.4. The maximum absolute atomic E-state index is 12.4. The average Bonchev–Trinajstić information content (AvgIpc) is 1.96. The van der Waals surface area contributed by atoms with Crippen LogP contribution in [0.3, 0.4) is 0 Å². The van der Waals surface area contributed by atoms with Crippen LogP contribution in [0.15, 0.2) is 0 Å². The van der Waals surface area contributed by atoms with Gasteiger partial charge in [-0.05, 0) is 12.8 Å². The van der Waals surface area contributed by atoms with E-state index in [2.05, 4.69) is 4.74 Å². The van der Waals surface area contributed by atoms with Gasteiger partial charge in [0.15, 0.2) is 10.1 Å². The van der Waals surface area contributed by atoms with Gasteiger partial charge in [-0.3, -0.25) is 0 Å². The lowest BCUT2D eigenvalue weighted by atomic mass is 10.2. The van der Waals surface area contributed by atoms with Crippen molar-refractivity contribution in [3.05, 3.63) is 0 Å².